The van der Waals surface area contributed by atoms with Crippen molar-refractivity contribution >= 4 is 5.97 Å². The third-order valence-corrected chi connectivity index (χ3v) is 1.55. The molecule has 0 aromatic carbocycles. The molecule has 62 valence electrons. The first-order valence-electron chi connectivity index (χ1n) is 3.33. The zero-order valence-corrected chi connectivity index (χ0v) is 6.15. The molecule has 0 bridgehead atoms. The zero-order chi connectivity index (χ0) is 8.43. The van der Waals surface area contributed by atoms with E-state index in [2.05, 4.69) is 4.74 Å². The van der Waals surface area contributed by atoms with Gasteiger partial charge in [-0.05, 0) is 13.0 Å². The molecule has 11 heavy (non-hydrogen) atoms. The van der Waals surface area contributed by atoms with Gasteiger partial charge >= 0.3 is 5.97 Å². The summed E-state index contributed by atoms with van der Waals surface area (Å²) in [6.45, 7) is 1.20. The van der Waals surface area contributed by atoms with Crippen molar-refractivity contribution in [2.45, 2.75) is 19.1 Å². The second-order valence-electron chi connectivity index (χ2n) is 2.47. The highest BCUT2D eigenvalue weighted by Crippen LogP contribution is 2.15. The Morgan fingerprint density at radius 2 is 2.45 bits per heavy atom. The summed E-state index contributed by atoms with van der Waals surface area (Å²) < 4.78 is 4.68. The van der Waals surface area contributed by atoms with E-state index in [1.54, 1.807) is 6.92 Å². The van der Waals surface area contributed by atoms with Crippen molar-refractivity contribution in [3.63, 3.8) is 0 Å². The maximum atomic E-state index is 10.7. The van der Waals surface area contributed by atoms with Crippen LogP contribution in [0.5, 0.6) is 0 Å². The lowest BCUT2D eigenvalue weighted by molar-refractivity contribution is -0.144. The van der Waals surface area contributed by atoms with Crippen LogP contribution in [0, 0.1) is 0 Å². The number of esters is 1. The Hall–Kier alpha value is -0.870. The summed E-state index contributed by atoms with van der Waals surface area (Å²) in [4.78, 5) is 10.7. The molecule has 2 N–H and O–H groups in total. The van der Waals surface area contributed by atoms with Gasteiger partial charge in [0.1, 0.15) is 12.2 Å². The molecule has 2 atom stereocenters. The van der Waals surface area contributed by atoms with Crippen LogP contribution in [0.4, 0.5) is 0 Å². The average molecular weight is 158 g/mol. The van der Waals surface area contributed by atoms with Crippen LogP contribution in [0.15, 0.2) is 11.6 Å². The normalized spacial score (nSPS) is 26.3. The second kappa shape index (κ2) is 3.02. The van der Waals surface area contributed by atoms with Crippen LogP contribution in [-0.4, -0.2) is 35.0 Å². The maximum absolute atomic E-state index is 10.7. The van der Waals surface area contributed by atoms with Gasteiger partial charge in [0.15, 0.2) is 0 Å². The Bertz CT molecular complexity index is 197. The minimum atomic E-state index is -1.00. The first-order chi connectivity index (χ1) is 5.15. The average Bonchev–Trinajstić information content (AvgIpc) is 2.31. The summed E-state index contributed by atoms with van der Waals surface area (Å²) in [5.74, 6) is -0.428. The molecular weight excluding hydrogens is 148 g/mol. The second-order valence-corrected chi connectivity index (χ2v) is 2.47. The lowest BCUT2D eigenvalue weighted by Crippen LogP contribution is -2.28. The Morgan fingerprint density at radius 1 is 1.82 bits per heavy atom. The maximum Gasteiger partial charge on any atom is 0.334 e. The van der Waals surface area contributed by atoms with Gasteiger partial charge in [0.25, 0.3) is 0 Å². The fourth-order valence-electron chi connectivity index (χ4n) is 0.859. The van der Waals surface area contributed by atoms with Gasteiger partial charge in [-0.25, -0.2) is 4.79 Å². The standard InChI is InChI=1S/C7H10O4/c1-4-2-6(5(9)3-8)11-7(4)10/h2,5-6,8-9H,3H2,1H3. The summed E-state index contributed by atoms with van der Waals surface area (Å²) in [6, 6.07) is 0. The summed E-state index contributed by atoms with van der Waals surface area (Å²) in [7, 11) is 0. The first-order valence-corrected chi connectivity index (χ1v) is 3.33. The number of rotatable bonds is 2. The van der Waals surface area contributed by atoms with E-state index >= 15 is 0 Å². The summed E-state index contributed by atoms with van der Waals surface area (Å²) >= 11 is 0. The monoisotopic (exact) mass is 158 g/mol. The SMILES string of the molecule is CC1=CC(C(O)CO)OC1=O. The highest BCUT2D eigenvalue weighted by atomic mass is 16.6. The highest BCUT2D eigenvalue weighted by Gasteiger charge is 2.27. The minimum Gasteiger partial charge on any atom is -0.452 e. The summed E-state index contributed by atoms with van der Waals surface area (Å²) in [5, 5.41) is 17.5. The minimum absolute atomic E-state index is 0.401. The Morgan fingerprint density at radius 3 is 2.82 bits per heavy atom. The van der Waals surface area contributed by atoms with Crippen molar-refractivity contribution in [3.05, 3.63) is 11.6 Å². The molecule has 0 saturated heterocycles. The Labute approximate surface area is 64.1 Å². The van der Waals surface area contributed by atoms with Gasteiger partial charge in [-0.1, -0.05) is 0 Å². The van der Waals surface area contributed by atoms with Crippen LogP contribution >= 0.6 is 0 Å². The van der Waals surface area contributed by atoms with E-state index in [4.69, 9.17) is 10.2 Å². The van der Waals surface area contributed by atoms with Crippen LogP contribution in [0.1, 0.15) is 6.92 Å². The van der Waals surface area contributed by atoms with E-state index in [9.17, 15) is 4.79 Å². The predicted molar refractivity (Wildman–Crippen MR) is 36.7 cm³/mol. The lowest BCUT2D eigenvalue weighted by Gasteiger charge is -2.12. The molecule has 1 aliphatic rings. The van der Waals surface area contributed by atoms with Crippen molar-refractivity contribution < 1.29 is 19.7 Å². The fourth-order valence-corrected chi connectivity index (χ4v) is 0.859. The largest absolute Gasteiger partial charge is 0.452 e. The quantitative estimate of drug-likeness (QED) is 0.517. The zero-order valence-electron chi connectivity index (χ0n) is 6.15. The fraction of sp³-hybridized carbons (Fsp3) is 0.571. The number of aliphatic hydroxyl groups is 2. The molecular formula is C7H10O4. The number of hydrogen-bond donors (Lipinski definition) is 2. The highest BCUT2D eigenvalue weighted by molar-refractivity contribution is 5.90. The molecule has 0 saturated carbocycles. The van der Waals surface area contributed by atoms with Gasteiger partial charge in [-0.3, -0.25) is 0 Å². The van der Waals surface area contributed by atoms with Gasteiger partial charge in [0.2, 0.25) is 0 Å². The smallest absolute Gasteiger partial charge is 0.334 e. The summed E-state index contributed by atoms with van der Waals surface area (Å²) in [6.07, 6.45) is -0.174. The van der Waals surface area contributed by atoms with Crippen molar-refractivity contribution in [1.29, 1.82) is 0 Å². The van der Waals surface area contributed by atoms with Crippen molar-refractivity contribution in [2.75, 3.05) is 6.61 Å². The molecule has 0 fully saturated rings. The van der Waals surface area contributed by atoms with Gasteiger partial charge in [-0.2, -0.15) is 0 Å². The van der Waals surface area contributed by atoms with E-state index in [1.165, 1.54) is 6.08 Å². The number of aliphatic hydroxyl groups excluding tert-OH is 2. The van der Waals surface area contributed by atoms with E-state index < -0.39 is 24.8 Å². The van der Waals surface area contributed by atoms with Crippen LogP contribution in [-0.2, 0) is 9.53 Å². The third-order valence-electron chi connectivity index (χ3n) is 1.55. The topological polar surface area (TPSA) is 66.8 Å². The molecule has 4 nitrogen and oxygen atoms in total. The molecule has 4 heteroatoms. The predicted octanol–water partition coefficient (Wildman–Crippen LogP) is -0.789. The lowest BCUT2D eigenvalue weighted by atomic mass is 10.2. The molecule has 0 spiro atoms. The van der Waals surface area contributed by atoms with Gasteiger partial charge < -0.3 is 14.9 Å². The van der Waals surface area contributed by atoms with Crippen molar-refractivity contribution in [2.24, 2.45) is 0 Å². The molecule has 0 radical (unpaired) electrons. The van der Waals surface area contributed by atoms with Crippen LogP contribution in [0.25, 0.3) is 0 Å². The molecule has 1 heterocycles. The van der Waals surface area contributed by atoms with Crippen LogP contribution in [0.3, 0.4) is 0 Å². The van der Waals surface area contributed by atoms with Gasteiger partial charge in [-0.15, -0.1) is 0 Å². The van der Waals surface area contributed by atoms with Crippen LogP contribution in [0.2, 0.25) is 0 Å². The van der Waals surface area contributed by atoms with E-state index in [1.807, 2.05) is 0 Å². The van der Waals surface area contributed by atoms with Gasteiger partial charge in [0.05, 0.1) is 6.61 Å². The molecule has 0 aliphatic carbocycles. The van der Waals surface area contributed by atoms with E-state index in [0.29, 0.717) is 5.57 Å². The molecule has 1 rings (SSSR count). The molecule has 0 aromatic heterocycles. The molecule has 0 aromatic rings. The molecule has 0 amide bonds. The molecule has 2 unspecified atom stereocenters. The Kier molecular flexibility index (Phi) is 2.26. The number of carbonyl (C=O) groups is 1. The van der Waals surface area contributed by atoms with E-state index in [0.717, 1.165) is 0 Å². The summed E-state index contributed by atoms with van der Waals surface area (Å²) in [5.41, 5.74) is 0.475. The number of carbonyl (C=O) groups excluding carboxylic acids is 1. The first kappa shape index (κ1) is 8.23. The third kappa shape index (κ3) is 1.58. The number of cyclic esters (lactones) is 1. The van der Waals surface area contributed by atoms with Crippen LogP contribution < -0.4 is 0 Å². The molecule has 1 aliphatic heterocycles. The van der Waals surface area contributed by atoms with Gasteiger partial charge in [0, 0.05) is 5.57 Å². The Balaban J connectivity index is 2.60. The number of ether oxygens (including phenoxy) is 1. The van der Waals surface area contributed by atoms with Crippen molar-refractivity contribution in [1.82, 2.24) is 0 Å². The van der Waals surface area contributed by atoms with Crippen molar-refractivity contribution in [3.8, 4) is 0 Å². The van der Waals surface area contributed by atoms with E-state index in [-0.39, 0.29) is 0 Å². The number of hydrogen-bond acceptors (Lipinski definition) is 4.